The van der Waals surface area contributed by atoms with Gasteiger partial charge in [0.2, 0.25) is 0 Å². The van der Waals surface area contributed by atoms with Crippen LogP contribution in [0, 0.1) is 5.82 Å². The van der Waals surface area contributed by atoms with Gasteiger partial charge in [0.1, 0.15) is 5.82 Å². The SMILES string of the molecule is CC(C)c1cn[nH]c1C1CCN(C(=O)N2CC(OCc3ccc(C(F)(F)F)cc3F)C2)C1. The molecule has 0 bridgehead atoms. The molecule has 3 heterocycles. The van der Waals surface area contributed by atoms with Crippen molar-refractivity contribution >= 4 is 6.03 Å². The van der Waals surface area contributed by atoms with Gasteiger partial charge < -0.3 is 14.5 Å². The van der Waals surface area contributed by atoms with Gasteiger partial charge in [0.15, 0.2) is 0 Å². The number of hydrogen-bond acceptors (Lipinski definition) is 3. The molecule has 2 fully saturated rings. The van der Waals surface area contributed by atoms with Crippen molar-refractivity contribution in [1.29, 1.82) is 0 Å². The summed E-state index contributed by atoms with van der Waals surface area (Å²) in [5.74, 6) is -0.360. The maximum atomic E-state index is 13.9. The first kappa shape index (κ1) is 22.6. The molecule has 1 aromatic heterocycles. The predicted molar refractivity (Wildman–Crippen MR) is 109 cm³/mol. The summed E-state index contributed by atoms with van der Waals surface area (Å²) in [5, 5.41) is 7.25. The van der Waals surface area contributed by atoms with Crippen LogP contribution in [0.5, 0.6) is 0 Å². The number of ether oxygens (including phenoxy) is 1. The van der Waals surface area contributed by atoms with E-state index in [1.54, 1.807) is 4.90 Å². The highest BCUT2D eigenvalue weighted by molar-refractivity contribution is 5.76. The summed E-state index contributed by atoms with van der Waals surface area (Å²) >= 11 is 0. The van der Waals surface area contributed by atoms with E-state index in [-0.39, 0.29) is 30.2 Å². The Morgan fingerprint density at radius 2 is 2.00 bits per heavy atom. The van der Waals surface area contributed by atoms with Crippen LogP contribution in [-0.4, -0.2) is 58.3 Å². The highest BCUT2D eigenvalue weighted by atomic mass is 19.4. The van der Waals surface area contributed by atoms with Crippen LogP contribution in [0.25, 0.3) is 0 Å². The van der Waals surface area contributed by atoms with E-state index >= 15 is 0 Å². The molecule has 0 aliphatic carbocycles. The third-order valence-electron chi connectivity index (χ3n) is 6.16. The van der Waals surface area contributed by atoms with Gasteiger partial charge in [-0.3, -0.25) is 5.10 Å². The van der Waals surface area contributed by atoms with E-state index in [0.29, 0.717) is 38.2 Å². The Kier molecular flexibility index (Phi) is 6.15. The van der Waals surface area contributed by atoms with Gasteiger partial charge in [0, 0.05) is 30.3 Å². The number of halogens is 4. The number of benzene rings is 1. The van der Waals surface area contributed by atoms with Crippen LogP contribution in [0.15, 0.2) is 24.4 Å². The number of likely N-dealkylation sites (tertiary alicyclic amines) is 2. The number of nitrogens with one attached hydrogen (secondary N) is 1. The average Bonchev–Trinajstić information content (AvgIpc) is 3.36. The van der Waals surface area contributed by atoms with E-state index in [1.165, 1.54) is 5.56 Å². The standard InChI is InChI=1S/C22H26F4N4O2/c1-13(2)18-8-27-28-20(18)14-5-6-29(9-14)21(31)30-10-17(11-30)32-12-15-3-4-16(7-19(15)23)22(24,25)26/h3-4,7-8,13-14,17H,5-6,9-12H2,1-2H3,(H,27,28). The smallest absolute Gasteiger partial charge is 0.370 e. The Morgan fingerprint density at radius 3 is 2.66 bits per heavy atom. The molecule has 6 nitrogen and oxygen atoms in total. The van der Waals surface area contributed by atoms with Gasteiger partial charge in [-0.1, -0.05) is 19.9 Å². The van der Waals surface area contributed by atoms with Crippen molar-refractivity contribution in [2.75, 3.05) is 26.2 Å². The summed E-state index contributed by atoms with van der Waals surface area (Å²) < 4.78 is 57.4. The summed E-state index contributed by atoms with van der Waals surface area (Å²) in [4.78, 5) is 16.3. The molecule has 4 rings (SSSR count). The fraction of sp³-hybridized carbons (Fsp3) is 0.545. The second-order valence-electron chi connectivity index (χ2n) is 8.75. The third kappa shape index (κ3) is 4.60. The summed E-state index contributed by atoms with van der Waals surface area (Å²) in [7, 11) is 0. The normalized spacial score (nSPS) is 19.7. The minimum absolute atomic E-state index is 0.0568. The van der Waals surface area contributed by atoms with Crippen LogP contribution in [0.2, 0.25) is 0 Å². The van der Waals surface area contributed by atoms with Crippen LogP contribution in [0.3, 0.4) is 0 Å². The van der Waals surface area contributed by atoms with Crippen molar-refractivity contribution in [3.05, 3.63) is 52.6 Å². The van der Waals surface area contributed by atoms with Crippen molar-refractivity contribution in [3.63, 3.8) is 0 Å². The van der Waals surface area contributed by atoms with E-state index in [1.807, 2.05) is 11.1 Å². The first-order valence-corrected chi connectivity index (χ1v) is 10.7. The second kappa shape index (κ2) is 8.73. The summed E-state index contributed by atoms with van der Waals surface area (Å²) in [6.45, 7) is 6.14. The van der Waals surface area contributed by atoms with Gasteiger partial charge in [-0.25, -0.2) is 9.18 Å². The molecule has 0 saturated carbocycles. The molecule has 2 aromatic rings. The van der Waals surface area contributed by atoms with E-state index < -0.39 is 17.6 Å². The molecule has 2 aliphatic heterocycles. The Hall–Kier alpha value is -2.62. The van der Waals surface area contributed by atoms with Gasteiger partial charge in [-0.05, 0) is 30.0 Å². The topological polar surface area (TPSA) is 61.5 Å². The van der Waals surface area contributed by atoms with Crippen molar-refractivity contribution in [3.8, 4) is 0 Å². The number of amides is 2. The number of rotatable bonds is 5. The van der Waals surface area contributed by atoms with Gasteiger partial charge in [-0.15, -0.1) is 0 Å². The molecule has 10 heteroatoms. The maximum absolute atomic E-state index is 13.9. The molecule has 174 valence electrons. The quantitative estimate of drug-likeness (QED) is 0.677. The number of carbonyl (C=O) groups excluding carboxylic acids is 1. The highest BCUT2D eigenvalue weighted by Gasteiger charge is 2.38. The maximum Gasteiger partial charge on any atom is 0.416 e. The summed E-state index contributed by atoms with van der Waals surface area (Å²) in [5.41, 5.74) is 1.31. The summed E-state index contributed by atoms with van der Waals surface area (Å²) in [6.07, 6.45) is -2.13. The Balaban J connectivity index is 1.25. The van der Waals surface area contributed by atoms with Crippen LogP contribution in [0.4, 0.5) is 22.4 Å². The van der Waals surface area contributed by atoms with Gasteiger partial charge in [0.25, 0.3) is 0 Å². The molecule has 0 radical (unpaired) electrons. The minimum Gasteiger partial charge on any atom is -0.370 e. The number of urea groups is 1. The van der Waals surface area contributed by atoms with Crippen LogP contribution in [-0.2, 0) is 17.5 Å². The predicted octanol–water partition coefficient (Wildman–Crippen LogP) is 4.50. The lowest BCUT2D eigenvalue weighted by molar-refractivity contribution is -0.137. The number of alkyl halides is 3. The lowest BCUT2D eigenvalue weighted by atomic mass is 9.95. The van der Waals surface area contributed by atoms with E-state index in [2.05, 4.69) is 24.0 Å². The number of aromatic amines is 1. The molecule has 32 heavy (non-hydrogen) atoms. The lowest BCUT2D eigenvalue weighted by Gasteiger charge is -2.40. The van der Waals surface area contributed by atoms with E-state index in [0.717, 1.165) is 24.2 Å². The van der Waals surface area contributed by atoms with Gasteiger partial charge in [-0.2, -0.15) is 18.3 Å². The number of hydrogen-bond donors (Lipinski definition) is 1. The first-order chi connectivity index (χ1) is 15.1. The number of nitrogens with zero attached hydrogens (tertiary/aromatic N) is 3. The molecular weight excluding hydrogens is 428 g/mol. The number of carbonyl (C=O) groups is 1. The van der Waals surface area contributed by atoms with Crippen molar-refractivity contribution in [2.24, 2.45) is 0 Å². The summed E-state index contributed by atoms with van der Waals surface area (Å²) in [6, 6.07) is 2.35. The van der Waals surface area contributed by atoms with Crippen LogP contribution in [0.1, 0.15) is 54.5 Å². The molecule has 2 aliphatic rings. The molecule has 2 amide bonds. The fourth-order valence-corrected chi connectivity index (χ4v) is 4.21. The minimum atomic E-state index is -4.59. The second-order valence-corrected chi connectivity index (χ2v) is 8.75. The van der Waals surface area contributed by atoms with Crippen molar-refractivity contribution in [2.45, 2.75) is 51.0 Å². The third-order valence-corrected chi connectivity index (χ3v) is 6.16. The molecule has 0 spiro atoms. The first-order valence-electron chi connectivity index (χ1n) is 10.7. The Bertz CT molecular complexity index is 969. The molecule has 2 saturated heterocycles. The van der Waals surface area contributed by atoms with Crippen molar-refractivity contribution < 1.29 is 27.1 Å². The zero-order chi connectivity index (χ0) is 23.0. The van der Waals surface area contributed by atoms with E-state index in [4.69, 9.17) is 4.74 Å². The molecule has 1 N–H and O–H groups in total. The fourth-order valence-electron chi connectivity index (χ4n) is 4.21. The highest BCUT2D eigenvalue weighted by Crippen LogP contribution is 2.33. The van der Waals surface area contributed by atoms with Gasteiger partial charge >= 0.3 is 12.2 Å². The zero-order valence-electron chi connectivity index (χ0n) is 18.0. The Labute approximate surface area is 183 Å². The number of H-pyrrole nitrogens is 1. The monoisotopic (exact) mass is 454 g/mol. The number of aromatic nitrogens is 2. The van der Waals surface area contributed by atoms with Crippen molar-refractivity contribution in [1.82, 2.24) is 20.0 Å². The average molecular weight is 454 g/mol. The molecule has 1 aromatic carbocycles. The van der Waals surface area contributed by atoms with Crippen LogP contribution < -0.4 is 0 Å². The molecular formula is C22H26F4N4O2. The molecule has 1 unspecified atom stereocenters. The zero-order valence-corrected chi connectivity index (χ0v) is 18.0. The van der Waals surface area contributed by atoms with Crippen LogP contribution >= 0.6 is 0 Å². The van der Waals surface area contributed by atoms with Gasteiger partial charge in [0.05, 0.1) is 37.6 Å². The Morgan fingerprint density at radius 1 is 1.25 bits per heavy atom. The lowest BCUT2D eigenvalue weighted by Crippen LogP contribution is -2.58. The van der Waals surface area contributed by atoms with E-state index in [9.17, 15) is 22.4 Å². The molecule has 1 atom stereocenters. The largest absolute Gasteiger partial charge is 0.416 e.